The van der Waals surface area contributed by atoms with Crippen LogP contribution in [0, 0.1) is 0 Å². The van der Waals surface area contributed by atoms with E-state index in [1.807, 2.05) is 0 Å². The Hall–Kier alpha value is -1.37. The topological polar surface area (TPSA) is 79.8 Å². The fraction of sp³-hybridized carbons (Fsp3) is 0.286. The average molecular weight is 393 g/mol. The summed E-state index contributed by atoms with van der Waals surface area (Å²) in [7, 11) is 0.240. The molecule has 0 aromatic carbocycles. The van der Waals surface area contributed by atoms with Crippen LogP contribution < -0.4 is 9.47 Å². The highest BCUT2D eigenvalue weighted by atomic mass is 35.5. The number of ether oxygens (including phenoxy) is 2. The summed E-state index contributed by atoms with van der Waals surface area (Å²) >= 11 is 11.6. The molecular weight excluding hydrogens is 378 g/mol. The molecule has 0 radical (unpaired) electrons. The molecule has 0 aliphatic heterocycles. The third-order valence-electron chi connectivity index (χ3n) is 2.96. The highest BCUT2D eigenvalue weighted by Crippen LogP contribution is 2.32. The largest absolute Gasteiger partial charge is 0.495 e. The summed E-state index contributed by atoms with van der Waals surface area (Å²) in [5, 5.41) is 0.567. The lowest BCUT2D eigenvalue weighted by Crippen LogP contribution is -1.97. The van der Waals surface area contributed by atoms with Gasteiger partial charge in [-0.25, -0.2) is 9.97 Å². The first-order chi connectivity index (χ1) is 11.5. The number of hydrogen-bond donors (Lipinski definition) is 0. The number of methoxy groups -OCH3 is 2. The van der Waals surface area contributed by atoms with Crippen molar-refractivity contribution < 1.29 is 23.1 Å². The van der Waals surface area contributed by atoms with Crippen molar-refractivity contribution in [2.24, 2.45) is 0 Å². The van der Waals surface area contributed by atoms with Gasteiger partial charge in [-0.2, -0.15) is 0 Å². The highest BCUT2D eigenvalue weighted by Gasteiger charge is 2.10. The van der Waals surface area contributed by atoms with Crippen LogP contribution in [0.15, 0.2) is 24.5 Å². The van der Waals surface area contributed by atoms with Crippen LogP contribution in [-0.4, -0.2) is 24.2 Å². The first kappa shape index (κ1) is 19.0. The first-order valence-corrected chi connectivity index (χ1v) is 8.68. The van der Waals surface area contributed by atoms with E-state index in [1.54, 1.807) is 12.1 Å². The van der Waals surface area contributed by atoms with Gasteiger partial charge in [-0.1, -0.05) is 23.2 Å². The third kappa shape index (κ3) is 5.33. The second-order valence-corrected chi connectivity index (χ2v) is 6.32. The SMILES string of the molecule is COc1cnc(Cl)cc1CO[PH](=O)OCc1cc(Cl)ncc1OC. The van der Waals surface area contributed by atoms with Crippen LogP contribution >= 0.6 is 31.5 Å². The van der Waals surface area contributed by atoms with Gasteiger partial charge < -0.3 is 18.5 Å². The predicted molar refractivity (Wildman–Crippen MR) is 90.2 cm³/mol. The van der Waals surface area contributed by atoms with Crippen LogP contribution in [0.3, 0.4) is 0 Å². The van der Waals surface area contributed by atoms with Crippen LogP contribution in [0.5, 0.6) is 11.5 Å². The molecule has 24 heavy (non-hydrogen) atoms. The molecule has 130 valence electrons. The van der Waals surface area contributed by atoms with E-state index >= 15 is 0 Å². The number of hydrogen-bond acceptors (Lipinski definition) is 7. The van der Waals surface area contributed by atoms with E-state index in [0.29, 0.717) is 22.6 Å². The molecule has 7 nitrogen and oxygen atoms in total. The zero-order valence-corrected chi connectivity index (χ0v) is 15.4. The molecule has 0 atom stereocenters. The number of nitrogens with zero attached hydrogens (tertiary/aromatic N) is 2. The third-order valence-corrected chi connectivity index (χ3v) is 4.13. The molecule has 0 spiro atoms. The highest BCUT2D eigenvalue weighted by molar-refractivity contribution is 7.33. The molecule has 2 rings (SSSR count). The number of pyridine rings is 2. The monoisotopic (exact) mass is 392 g/mol. The Morgan fingerprint density at radius 3 is 1.71 bits per heavy atom. The standard InChI is InChI=1S/C14H15Cl2N2O5P/c1-20-11-5-17-13(15)3-9(11)7-22-24(19)23-8-10-4-14(16)18-6-12(10)21-2/h3-6,24H,7-8H2,1-2H3. The second kappa shape index (κ2) is 9.20. The Labute approximate surface area is 149 Å². The van der Waals surface area contributed by atoms with Crippen LogP contribution in [0.25, 0.3) is 0 Å². The number of rotatable bonds is 8. The summed E-state index contributed by atoms with van der Waals surface area (Å²) in [5.74, 6) is 0.966. The van der Waals surface area contributed by atoms with Crippen LogP contribution in [0.1, 0.15) is 11.1 Å². The number of aromatic nitrogens is 2. The van der Waals surface area contributed by atoms with Crippen molar-refractivity contribution >= 4 is 31.5 Å². The lowest BCUT2D eigenvalue weighted by atomic mass is 10.3. The predicted octanol–water partition coefficient (Wildman–Crippen LogP) is 3.92. The maximum atomic E-state index is 11.9. The van der Waals surface area contributed by atoms with E-state index in [-0.39, 0.29) is 23.5 Å². The van der Waals surface area contributed by atoms with Crippen molar-refractivity contribution in [3.05, 3.63) is 46.0 Å². The molecule has 0 unspecified atom stereocenters. The number of halogens is 2. The average Bonchev–Trinajstić information content (AvgIpc) is 2.58. The normalized spacial score (nSPS) is 10.9. The minimum Gasteiger partial charge on any atom is -0.495 e. The molecule has 0 N–H and O–H groups in total. The van der Waals surface area contributed by atoms with Crippen molar-refractivity contribution in [3.63, 3.8) is 0 Å². The molecule has 0 aliphatic rings. The van der Waals surface area contributed by atoms with Crippen LogP contribution in [-0.2, 0) is 26.8 Å². The van der Waals surface area contributed by atoms with Gasteiger partial charge in [-0.05, 0) is 12.1 Å². The van der Waals surface area contributed by atoms with E-state index in [2.05, 4.69) is 9.97 Å². The Kier molecular flexibility index (Phi) is 7.27. The van der Waals surface area contributed by atoms with Crippen molar-refractivity contribution in [2.45, 2.75) is 13.2 Å². The molecular formula is C14H15Cl2N2O5P. The fourth-order valence-electron chi connectivity index (χ4n) is 1.82. The van der Waals surface area contributed by atoms with Crippen molar-refractivity contribution in [2.75, 3.05) is 14.2 Å². The molecule has 0 saturated heterocycles. The smallest absolute Gasteiger partial charge is 0.319 e. The van der Waals surface area contributed by atoms with Crippen molar-refractivity contribution in [3.8, 4) is 11.5 Å². The Morgan fingerprint density at radius 1 is 0.917 bits per heavy atom. The molecule has 0 amide bonds. The van der Waals surface area contributed by atoms with Crippen molar-refractivity contribution in [1.29, 1.82) is 0 Å². The van der Waals surface area contributed by atoms with Crippen LogP contribution in [0.2, 0.25) is 10.3 Å². The van der Waals surface area contributed by atoms with Gasteiger partial charge in [0.05, 0.1) is 39.8 Å². The van der Waals surface area contributed by atoms with E-state index in [9.17, 15) is 4.57 Å². The van der Waals surface area contributed by atoms with E-state index in [4.69, 9.17) is 41.7 Å². The van der Waals surface area contributed by atoms with Gasteiger partial charge in [0.2, 0.25) is 0 Å². The maximum Gasteiger partial charge on any atom is 0.319 e. The molecule has 2 heterocycles. The molecule has 0 saturated carbocycles. The zero-order valence-electron chi connectivity index (χ0n) is 12.9. The van der Waals surface area contributed by atoms with Crippen LogP contribution in [0.4, 0.5) is 0 Å². The summed E-state index contributed by atoms with van der Waals surface area (Å²) in [4.78, 5) is 7.79. The second-order valence-electron chi connectivity index (χ2n) is 4.47. The van der Waals surface area contributed by atoms with E-state index < -0.39 is 8.25 Å². The fourth-order valence-corrected chi connectivity index (χ4v) is 2.81. The first-order valence-electron chi connectivity index (χ1n) is 6.70. The van der Waals surface area contributed by atoms with Gasteiger partial charge >= 0.3 is 8.25 Å². The zero-order chi connectivity index (χ0) is 17.5. The molecule has 0 aliphatic carbocycles. The Balaban J connectivity index is 1.93. The van der Waals surface area contributed by atoms with Gasteiger partial charge in [0.1, 0.15) is 21.8 Å². The molecule has 0 fully saturated rings. The molecule has 2 aromatic rings. The van der Waals surface area contributed by atoms with Gasteiger partial charge in [0, 0.05) is 11.1 Å². The summed E-state index contributed by atoms with van der Waals surface area (Å²) in [6.45, 7) is 0.0227. The molecule has 2 aromatic heterocycles. The minimum atomic E-state index is -2.75. The molecule has 10 heteroatoms. The molecule has 0 bridgehead atoms. The van der Waals surface area contributed by atoms with Gasteiger partial charge in [0.15, 0.2) is 0 Å². The lowest BCUT2D eigenvalue weighted by molar-refractivity contribution is 0.209. The van der Waals surface area contributed by atoms with E-state index in [0.717, 1.165) is 0 Å². The quantitative estimate of drug-likeness (QED) is 0.497. The summed E-state index contributed by atoms with van der Waals surface area (Å²) in [6.07, 6.45) is 2.92. The summed E-state index contributed by atoms with van der Waals surface area (Å²) in [5.41, 5.74) is 1.23. The summed E-state index contributed by atoms with van der Waals surface area (Å²) in [6, 6.07) is 3.14. The van der Waals surface area contributed by atoms with E-state index in [1.165, 1.54) is 26.6 Å². The van der Waals surface area contributed by atoms with Crippen molar-refractivity contribution in [1.82, 2.24) is 9.97 Å². The Bertz CT molecular complexity index is 673. The summed E-state index contributed by atoms with van der Waals surface area (Å²) < 4.78 is 32.6. The Morgan fingerprint density at radius 2 is 1.33 bits per heavy atom. The minimum absolute atomic E-state index is 0.0114. The van der Waals surface area contributed by atoms with Gasteiger partial charge in [0.25, 0.3) is 0 Å². The maximum absolute atomic E-state index is 11.9. The van der Waals surface area contributed by atoms with Gasteiger partial charge in [-0.3, -0.25) is 4.57 Å². The van der Waals surface area contributed by atoms with Gasteiger partial charge in [-0.15, -0.1) is 0 Å². The lowest BCUT2D eigenvalue weighted by Gasteiger charge is -2.11.